The monoisotopic (exact) mass is 499 g/mol. The van der Waals surface area contributed by atoms with Crippen LogP contribution in [0.15, 0.2) is 53.7 Å². The summed E-state index contributed by atoms with van der Waals surface area (Å²) < 4.78 is 20.4. The lowest BCUT2D eigenvalue weighted by Crippen LogP contribution is -2.36. The van der Waals surface area contributed by atoms with E-state index in [-0.39, 0.29) is 5.82 Å². The number of aryl methyl sites for hydroxylation is 1. The summed E-state index contributed by atoms with van der Waals surface area (Å²) in [7, 11) is 3.84. The highest BCUT2D eigenvalue weighted by Crippen LogP contribution is 2.31. The lowest BCUT2D eigenvalue weighted by molar-refractivity contribution is 0.280. The van der Waals surface area contributed by atoms with E-state index in [2.05, 4.69) is 32.5 Å². The molecule has 0 radical (unpaired) electrons. The second-order valence-corrected chi connectivity index (χ2v) is 9.48. The molecule has 0 spiro atoms. The number of imidazole rings is 1. The smallest absolute Gasteiger partial charge is 0.177 e. The van der Waals surface area contributed by atoms with Crippen LogP contribution >= 0.6 is 0 Å². The molecule has 0 unspecified atom stereocenters. The Morgan fingerprint density at radius 2 is 2.05 bits per heavy atom. The zero-order valence-corrected chi connectivity index (χ0v) is 21.3. The van der Waals surface area contributed by atoms with Crippen molar-refractivity contribution < 1.29 is 9.13 Å². The van der Waals surface area contributed by atoms with Gasteiger partial charge in [0, 0.05) is 29.1 Å². The Hall–Kier alpha value is -4.24. The van der Waals surface area contributed by atoms with Crippen molar-refractivity contribution in [3.8, 4) is 16.9 Å². The molecule has 37 heavy (non-hydrogen) atoms. The van der Waals surface area contributed by atoms with Crippen LogP contribution in [0.3, 0.4) is 0 Å². The summed E-state index contributed by atoms with van der Waals surface area (Å²) in [5.74, 6) is 2.27. The zero-order chi connectivity index (χ0) is 26.1. The molecule has 0 bridgehead atoms. The number of amidine groups is 1. The summed E-state index contributed by atoms with van der Waals surface area (Å²) in [6, 6.07) is 12.7. The molecule has 3 heterocycles. The van der Waals surface area contributed by atoms with Crippen LogP contribution in [0.1, 0.15) is 11.4 Å². The third kappa shape index (κ3) is 5.31. The van der Waals surface area contributed by atoms with Crippen molar-refractivity contribution in [1.29, 1.82) is 0 Å². The third-order valence-electron chi connectivity index (χ3n) is 6.17. The summed E-state index contributed by atoms with van der Waals surface area (Å²) in [6.07, 6.45) is 1.82. The maximum atomic E-state index is 14.3. The fourth-order valence-corrected chi connectivity index (χ4v) is 4.49. The van der Waals surface area contributed by atoms with Crippen LogP contribution in [0.2, 0.25) is 0 Å². The highest BCUT2D eigenvalue weighted by molar-refractivity contribution is 5.85. The minimum Gasteiger partial charge on any atom is -0.491 e. The molecule has 8 nitrogen and oxygen atoms in total. The molecule has 0 atom stereocenters. The van der Waals surface area contributed by atoms with Gasteiger partial charge >= 0.3 is 0 Å². The maximum Gasteiger partial charge on any atom is 0.177 e. The molecule has 0 aliphatic carbocycles. The molecule has 2 aromatic heterocycles. The van der Waals surface area contributed by atoms with E-state index in [1.165, 1.54) is 12.1 Å². The highest BCUT2D eigenvalue weighted by Gasteiger charge is 2.20. The number of hydrogen-bond donors (Lipinski definition) is 2. The Labute approximate surface area is 214 Å². The first-order valence-corrected chi connectivity index (χ1v) is 12.1. The Morgan fingerprint density at radius 3 is 2.86 bits per heavy atom. The van der Waals surface area contributed by atoms with Crippen LogP contribution in [0.5, 0.6) is 5.75 Å². The molecule has 0 amide bonds. The van der Waals surface area contributed by atoms with Crippen molar-refractivity contribution in [2.45, 2.75) is 13.5 Å². The molecule has 5 rings (SSSR count). The van der Waals surface area contributed by atoms with Gasteiger partial charge in [0.2, 0.25) is 0 Å². The molecule has 0 saturated heterocycles. The molecule has 1 aliphatic heterocycles. The van der Waals surface area contributed by atoms with Crippen LogP contribution in [-0.4, -0.2) is 64.4 Å². The van der Waals surface area contributed by atoms with Crippen molar-refractivity contribution in [3.05, 3.63) is 76.3 Å². The van der Waals surface area contributed by atoms with Crippen LogP contribution in [0, 0.1) is 12.7 Å². The van der Waals surface area contributed by atoms with Crippen molar-refractivity contribution in [3.63, 3.8) is 0 Å². The number of halogens is 1. The number of fused-ring (bicyclic) bond motifs is 2. The minimum atomic E-state index is -0.355. The Balaban J connectivity index is 1.58. The molecule has 0 saturated carbocycles. The molecule has 1 aliphatic rings. The second kappa shape index (κ2) is 10.0. The molecule has 9 heteroatoms. The normalized spacial score (nSPS) is 14.9. The predicted octanol–water partition coefficient (Wildman–Crippen LogP) is 2.36. The lowest BCUT2D eigenvalue weighted by Gasteiger charge is -2.23. The van der Waals surface area contributed by atoms with Gasteiger partial charge < -0.3 is 25.3 Å². The third-order valence-corrected chi connectivity index (χ3v) is 6.17. The maximum absolute atomic E-state index is 14.3. The fourth-order valence-electron chi connectivity index (χ4n) is 4.49. The number of aromatic nitrogens is 3. The summed E-state index contributed by atoms with van der Waals surface area (Å²) in [5.41, 5.74) is 10.8. The summed E-state index contributed by atoms with van der Waals surface area (Å²) in [4.78, 5) is 20.9. The zero-order valence-electron chi connectivity index (χ0n) is 21.3. The van der Waals surface area contributed by atoms with E-state index in [0.717, 1.165) is 33.8 Å². The van der Waals surface area contributed by atoms with E-state index in [1.807, 2.05) is 50.3 Å². The van der Waals surface area contributed by atoms with Gasteiger partial charge in [0.15, 0.2) is 5.65 Å². The molecule has 3 N–H and O–H groups in total. The van der Waals surface area contributed by atoms with Gasteiger partial charge in [0.25, 0.3) is 0 Å². The van der Waals surface area contributed by atoms with Crippen LogP contribution in [-0.2, 0) is 6.54 Å². The van der Waals surface area contributed by atoms with E-state index >= 15 is 0 Å². The van der Waals surface area contributed by atoms with Crippen molar-refractivity contribution in [2.75, 3.05) is 33.8 Å². The largest absolute Gasteiger partial charge is 0.491 e. The first-order valence-electron chi connectivity index (χ1n) is 12.1. The number of pyridine rings is 1. The summed E-state index contributed by atoms with van der Waals surface area (Å²) in [5, 5.41) is 1.27. The molecule has 2 aromatic carbocycles. The van der Waals surface area contributed by atoms with Crippen molar-refractivity contribution in [2.24, 2.45) is 10.7 Å². The molecule has 0 fully saturated rings. The highest BCUT2D eigenvalue weighted by atomic mass is 19.1. The molecule has 4 aromatic rings. The number of likely N-dealkylation sites (N-methyl/N-ethyl adjacent to an activating group) is 1. The standard InChI is InChI=1S/C28H30FN7O/c1-17-5-7-22(29)13-23(17)28(34-26(30)16-35(3)4)36-9-10-37-25-8-6-19(11-21(25)15-36)20-12-24-27(31-14-20)33-18(2)32-24/h5-8,11-14H,1,9-10,15-16H2,2-4H3,(H2,30,34)(H,31,32,33)/b28-23+. The molecular weight excluding hydrogens is 469 g/mol. The summed E-state index contributed by atoms with van der Waals surface area (Å²) in [6.45, 7) is 8.00. The number of hydrogen-bond acceptors (Lipinski definition) is 6. The van der Waals surface area contributed by atoms with Gasteiger partial charge in [0.1, 0.15) is 35.7 Å². The average molecular weight is 500 g/mol. The van der Waals surface area contributed by atoms with Crippen molar-refractivity contribution >= 4 is 29.4 Å². The van der Waals surface area contributed by atoms with Gasteiger partial charge in [0.05, 0.1) is 18.6 Å². The Bertz CT molecular complexity index is 1610. The average Bonchev–Trinajstić information content (AvgIpc) is 3.09. The topological polar surface area (TPSA) is 95.7 Å². The Kier molecular flexibility index (Phi) is 6.62. The number of aliphatic imine (C=N–C) groups is 1. The van der Waals surface area contributed by atoms with Gasteiger partial charge in [-0.2, -0.15) is 0 Å². The Morgan fingerprint density at radius 1 is 1.22 bits per heavy atom. The number of nitrogens with one attached hydrogen (secondary N) is 1. The van der Waals surface area contributed by atoms with E-state index in [4.69, 9.17) is 15.5 Å². The quantitative estimate of drug-likeness (QED) is 0.323. The minimum absolute atomic E-state index is 0.355. The van der Waals surface area contributed by atoms with Gasteiger partial charge in [-0.15, -0.1) is 0 Å². The van der Waals surface area contributed by atoms with Crippen LogP contribution in [0.4, 0.5) is 4.39 Å². The lowest BCUT2D eigenvalue weighted by atomic mass is 10.0. The first kappa shape index (κ1) is 24.5. The van der Waals surface area contributed by atoms with Gasteiger partial charge in [-0.25, -0.2) is 19.4 Å². The molecule has 190 valence electrons. The number of aromatic amines is 1. The van der Waals surface area contributed by atoms with E-state index in [1.54, 1.807) is 6.07 Å². The van der Waals surface area contributed by atoms with Crippen molar-refractivity contribution in [1.82, 2.24) is 24.8 Å². The summed E-state index contributed by atoms with van der Waals surface area (Å²) >= 11 is 0. The second-order valence-electron chi connectivity index (χ2n) is 9.48. The number of H-pyrrole nitrogens is 1. The number of ether oxygens (including phenoxy) is 1. The molecular formula is C28H30FN7O. The van der Waals surface area contributed by atoms with Crippen LogP contribution in [0.25, 0.3) is 34.7 Å². The number of nitrogens with zero attached hydrogens (tertiary/aromatic N) is 5. The van der Waals surface area contributed by atoms with E-state index in [9.17, 15) is 4.39 Å². The van der Waals surface area contributed by atoms with Crippen LogP contribution < -0.4 is 20.9 Å². The number of nitrogens with two attached hydrogens (primary N) is 1. The first-order chi connectivity index (χ1) is 17.8. The predicted molar refractivity (Wildman–Crippen MR) is 145 cm³/mol. The van der Waals surface area contributed by atoms with Gasteiger partial charge in [-0.3, -0.25) is 0 Å². The number of benzene rings is 2. The van der Waals surface area contributed by atoms with E-state index in [0.29, 0.717) is 54.0 Å². The van der Waals surface area contributed by atoms with E-state index < -0.39 is 0 Å². The fraction of sp³-hybridized carbons (Fsp3) is 0.250. The SMILES string of the molecule is C=c1ccc(F)c/c1=C(/N=C(N)CN(C)C)N1CCOc2ccc(-c3cnc4nc(C)[nH]c4c3)cc2C1. The van der Waals surface area contributed by atoms with Gasteiger partial charge in [-0.1, -0.05) is 18.7 Å². The van der Waals surface area contributed by atoms with Gasteiger partial charge in [-0.05, 0) is 62.1 Å². The number of rotatable bonds is 5.